The summed E-state index contributed by atoms with van der Waals surface area (Å²) < 4.78 is 5.02. The SMILES string of the molecule is CCOC(=O)N1CCN(c2ccc(C(C)N)cc2Cl)CC1. The molecule has 0 spiro atoms. The molecule has 1 aromatic carbocycles. The zero-order chi connectivity index (χ0) is 15.4. The lowest BCUT2D eigenvalue weighted by Crippen LogP contribution is -2.49. The van der Waals surface area contributed by atoms with E-state index in [1.165, 1.54) is 0 Å². The van der Waals surface area contributed by atoms with E-state index in [-0.39, 0.29) is 12.1 Å². The lowest BCUT2D eigenvalue weighted by molar-refractivity contribution is 0.105. The molecular formula is C15H22ClN3O2. The fraction of sp³-hybridized carbons (Fsp3) is 0.533. The van der Waals surface area contributed by atoms with E-state index >= 15 is 0 Å². The minimum Gasteiger partial charge on any atom is -0.450 e. The quantitative estimate of drug-likeness (QED) is 0.932. The standard InChI is InChI=1S/C15H22ClN3O2/c1-3-21-15(20)19-8-6-18(7-9-19)14-5-4-12(11(2)17)10-13(14)16/h4-5,10-11H,3,6-9,17H2,1-2H3. The van der Waals surface area contributed by atoms with Crippen molar-refractivity contribution in [3.63, 3.8) is 0 Å². The maximum Gasteiger partial charge on any atom is 0.409 e. The van der Waals surface area contributed by atoms with Gasteiger partial charge in [0, 0.05) is 32.2 Å². The molecule has 1 amide bonds. The van der Waals surface area contributed by atoms with Gasteiger partial charge in [0.2, 0.25) is 0 Å². The molecule has 1 fully saturated rings. The van der Waals surface area contributed by atoms with Gasteiger partial charge in [-0.15, -0.1) is 0 Å². The number of carbonyl (C=O) groups is 1. The van der Waals surface area contributed by atoms with Gasteiger partial charge in [0.15, 0.2) is 0 Å². The number of amides is 1. The first-order valence-electron chi connectivity index (χ1n) is 7.24. The fourth-order valence-electron chi connectivity index (χ4n) is 2.41. The predicted molar refractivity (Wildman–Crippen MR) is 84.9 cm³/mol. The molecule has 1 heterocycles. The van der Waals surface area contributed by atoms with Crippen LogP contribution in [-0.2, 0) is 4.74 Å². The summed E-state index contributed by atoms with van der Waals surface area (Å²) in [5.74, 6) is 0. The Morgan fingerprint density at radius 3 is 2.57 bits per heavy atom. The van der Waals surface area contributed by atoms with Crippen LogP contribution in [0.2, 0.25) is 5.02 Å². The molecule has 1 aromatic rings. The van der Waals surface area contributed by atoms with Gasteiger partial charge in [-0.2, -0.15) is 0 Å². The molecule has 1 unspecified atom stereocenters. The molecule has 2 N–H and O–H groups in total. The topological polar surface area (TPSA) is 58.8 Å². The minimum absolute atomic E-state index is 0.0304. The first-order valence-corrected chi connectivity index (χ1v) is 7.62. The van der Waals surface area contributed by atoms with Crippen LogP contribution in [-0.4, -0.2) is 43.8 Å². The first-order chi connectivity index (χ1) is 10.0. The van der Waals surface area contributed by atoms with Gasteiger partial charge < -0.3 is 20.3 Å². The molecule has 116 valence electrons. The summed E-state index contributed by atoms with van der Waals surface area (Å²) in [6.07, 6.45) is -0.240. The second kappa shape index (κ2) is 7.00. The summed E-state index contributed by atoms with van der Waals surface area (Å²) in [5.41, 5.74) is 7.87. The van der Waals surface area contributed by atoms with Crippen LogP contribution in [0.1, 0.15) is 25.5 Å². The molecular weight excluding hydrogens is 290 g/mol. The highest BCUT2D eigenvalue weighted by Gasteiger charge is 2.23. The predicted octanol–water partition coefficient (Wildman–Crippen LogP) is 2.64. The van der Waals surface area contributed by atoms with Crippen molar-refractivity contribution < 1.29 is 9.53 Å². The van der Waals surface area contributed by atoms with Crippen molar-refractivity contribution in [3.05, 3.63) is 28.8 Å². The van der Waals surface area contributed by atoms with E-state index < -0.39 is 0 Å². The summed E-state index contributed by atoms with van der Waals surface area (Å²) >= 11 is 6.35. The molecule has 1 atom stereocenters. The maximum absolute atomic E-state index is 11.7. The average Bonchev–Trinajstić information content (AvgIpc) is 2.47. The Balaban J connectivity index is 2.01. The van der Waals surface area contributed by atoms with Crippen LogP contribution in [0.15, 0.2) is 18.2 Å². The van der Waals surface area contributed by atoms with Crippen molar-refractivity contribution in [1.29, 1.82) is 0 Å². The number of nitrogens with two attached hydrogens (primary N) is 1. The van der Waals surface area contributed by atoms with Gasteiger partial charge in [0.1, 0.15) is 0 Å². The molecule has 0 aromatic heterocycles. The van der Waals surface area contributed by atoms with Gasteiger partial charge >= 0.3 is 6.09 Å². The smallest absolute Gasteiger partial charge is 0.409 e. The molecule has 0 aliphatic carbocycles. The second-order valence-electron chi connectivity index (χ2n) is 5.17. The molecule has 2 rings (SSSR count). The van der Waals surface area contributed by atoms with E-state index in [9.17, 15) is 4.79 Å². The van der Waals surface area contributed by atoms with Gasteiger partial charge in [-0.3, -0.25) is 0 Å². The van der Waals surface area contributed by atoms with Crippen molar-refractivity contribution in [2.24, 2.45) is 5.73 Å². The average molecular weight is 312 g/mol. The Morgan fingerprint density at radius 2 is 2.05 bits per heavy atom. The summed E-state index contributed by atoms with van der Waals surface area (Å²) in [6, 6.07) is 5.89. The number of nitrogens with zero attached hydrogens (tertiary/aromatic N) is 2. The number of benzene rings is 1. The number of halogens is 1. The number of carbonyl (C=O) groups excluding carboxylic acids is 1. The number of rotatable bonds is 3. The molecule has 0 bridgehead atoms. The van der Waals surface area contributed by atoms with Gasteiger partial charge in [0.05, 0.1) is 17.3 Å². The number of ether oxygens (including phenoxy) is 1. The maximum atomic E-state index is 11.7. The Morgan fingerprint density at radius 1 is 1.38 bits per heavy atom. The molecule has 6 heteroatoms. The molecule has 1 aliphatic rings. The van der Waals surface area contributed by atoms with E-state index in [2.05, 4.69) is 4.90 Å². The van der Waals surface area contributed by atoms with Crippen LogP contribution in [0.5, 0.6) is 0 Å². The lowest BCUT2D eigenvalue weighted by atomic mass is 10.1. The molecule has 21 heavy (non-hydrogen) atoms. The lowest BCUT2D eigenvalue weighted by Gasteiger charge is -2.36. The van der Waals surface area contributed by atoms with Gasteiger partial charge in [0.25, 0.3) is 0 Å². The van der Waals surface area contributed by atoms with Gasteiger partial charge in [-0.25, -0.2) is 4.79 Å². The van der Waals surface area contributed by atoms with Crippen LogP contribution in [0.25, 0.3) is 0 Å². The van der Waals surface area contributed by atoms with Crippen molar-refractivity contribution in [3.8, 4) is 0 Å². The van der Waals surface area contributed by atoms with Crippen LogP contribution in [0.3, 0.4) is 0 Å². The first kappa shape index (κ1) is 15.9. The zero-order valence-corrected chi connectivity index (χ0v) is 13.3. The van der Waals surface area contributed by atoms with Gasteiger partial charge in [-0.05, 0) is 31.5 Å². The Hall–Kier alpha value is -1.46. The van der Waals surface area contributed by atoms with E-state index in [1.807, 2.05) is 32.0 Å². The van der Waals surface area contributed by atoms with Crippen molar-refractivity contribution in [2.75, 3.05) is 37.7 Å². The zero-order valence-electron chi connectivity index (χ0n) is 12.5. The number of hydrogen-bond acceptors (Lipinski definition) is 4. The number of piperazine rings is 1. The van der Waals surface area contributed by atoms with Gasteiger partial charge in [-0.1, -0.05) is 17.7 Å². The van der Waals surface area contributed by atoms with Crippen LogP contribution in [0.4, 0.5) is 10.5 Å². The highest BCUT2D eigenvalue weighted by Crippen LogP contribution is 2.29. The van der Waals surface area contributed by atoms with Crippen LogP contribution in [0, 0.1) is 0 Å². The number of anilines is 1. The fourth-order valence-corrected chi connectivity index (χ4v) is 2.72. The molecule has 0 radical (unpaired) electrons. The van der Waals surface area contributed by atoms with Crippen LogP contribution < -0.4 is 10.6 Å². The molecule has 5 nitrogen and oxygen atoms in total. The number of hydrogen-bond donors (Lipinski definition) is 1. The summed E-state index contributed by atoms with van der Waals surface area (Å²) in [4.78, 5) is 15.6. The molecule has 1 aliphatic heterocycles. The van der Waals surface area contributed by atoms with Crippen LogP contribution >= 0.6 is 11.6 Å². The highest BCUT2D eigenvalue weighted by molar-refractivity contribution is 6.33. The second-order valence-corrected chi connectivity index (χ2v) is 5.58. The third-order valence-corrected chi connectivity index (χ3v) is 3.95. The van der Waals surface area contributed by atoms with E-state index in [0.29, 0.717) is 24.7 Å². The summed E-state index contributed by atoms with van der Waals surface area (Å²) in [6.45, 7) is 6.93. The third-order valence-electron chi connectivity index (χ3n) is 3.64. The monoisotopic (exact) mass is 311 g/mol. The Bertz CT molecular complexity index is 500. The third kappa shape index (κ3) is 3.80. The van der Waals surface area contributed by atoms with E-state index in [1.54, 1.807) is 4.90 Å². The highest BCUT2D eigenvalue weighted by atomic mass is 35.5. The summed E-state index contributed by atoms with van der Waals surface area (Å²) in [5, 5.41) is 0.703. The van der Waals surface area contributed by atoms with Crippen molar-refractivity contribution >= 4 is 23.4 Å². The molecule has 0 saturated carbocycles. The largest absolute Gasteiger partial charge is 0.450 e. The normalized spacial score (nSPS) is 16.8. The Kier molecular flexibility index (Phi) is 5.31. The Labute approximate surface area is 130 Å². The van der Waals surface area contributed by atoms with E-state index in [4.69, 9.17) is 22.1 Å². The minimum atomic E-state index is -0.240. The summed E-state index contributed by atoms with van der Waals surface area (Å²) in [7, 11) is 0. The van der Waals surface area contributed by atoms with Crippen molar-refractivity contribution in [2.45, 2.75) is 19.9 Å². The molecule has 1 saturated heterocycles. The van der Waals surface area contributed by atoms with E-state index in [0.717, 1.165) is 24.3 Å². The van der Waals surface area contributed by atoms with Crippen molar-refractivity contribution in [1.82, 2.24) is 4.90 Å².